The number of nitrogens with one attached hydrogen (secondary N) is 2. The van der Waals surface area contributed by atoms with Crippen molar-refractivity contribution < 1.29 is 34.0 Å². The summed E-state index contributed by atoms with van der Waals surface area (Å²) in [6, 6.07) is 4.86. The molecule has 0 radical (unpaired) electrons. The molecule has 0 aromatic heterocycles. The Labute approximate surface area is 213 Å². The second-order valence-corrected chi connectivity index (χ2v) is 10.9. The Kier molecular flexibility index (Phi) is 8.76. The molecule has 11 heteroatoms. The fraction of sp³-hybridized carbons (Fsp3) is 0.625. The number of alkyl halides is 1. The minimum Gasteiger partial charge on any atom is -0.388 e. The number of hydrogen-bond acceptors (Lipinski definition) is 8. The summed E-state index contributed by atoms with van der Waals surface area (Å²) < 4.78 is 25.2. The number of aliphatic hydroxyl groups is 3. The number of ether oxygens (including phenoxy) is 2. The zero-order chi connectivity index (χ0) is 25.3. The van der Waals surface area contributed by atoms with Crippen LogP contribution in [0.15, 0.2) is 30.3 Å². The van der Waals surface area contributed by atoms with E-state index in [1.807, 2.05) is 6.08 Å². The minimum atomic E-state index is -1.43. The van der Waals surface area contributed by atoms with Gasteiger partial charge in [0, 0.05) is 12.5 Å². The highest BCUT2D eigenvalue weighted by atomic mass is 35.5. The lowest BCUT2D eigenvalue weighted by molar-refractivity contribution is -0.205. The van der Waals surface area contributed by atoms with Crippen molar-refractivity contribution in [1.82, 2.24) is 10.6 Å². The Morgan fingerprint density at radius 1 is 1.23 bits per heavy atom. The minimum absolute atomic E-state index is 0.0331. The number of halogens is 2. The maximum absolute atomic E-state index is 13.3. The molecule has 0 spiro atoms. The van der Waals surface area contributed by atoms with Crippen LogP contribution in [-0.2, 0) is 14.3 Å². The molecule has 35 heavy (non-hydrogen) atoms. The van der Waals surface area contributed by atoms with Crippen LogP contribution in [0.2, 0.25) is 0 Å². The highest BCUT2D eigenvalue weighted by Gasteiger charge is 2.49. The number of carbonyl (C=O) groups excluding carboxylic acids is 1. The lowest BCUT2D eigenvalue weighted by Gasteiger charge is -2.44. The van der Waals surface area contributed by atoms with E-state index in [4.69, 9.17) is 21.1 Å². The highest BCUT2D eigenvalue weighted by Crippen LogP contribution is 2.34. The van der Waals surface area contributed by atoms with Gasteiger partial charge in [-0.2, -0.15) is 0 Å². The van der Waals surface area contributed by atoms with Crippen LogP contribution in [0.25, 0.3) is 5.57 Å². The van der Waals surface area contributed by atoms with Crippen LogP contribution in [0.1, 0.15) is 18.9 Å². The van der Waals surface area contributed by atoms with E-state index in [1.54, 1.807) is 25.3 Å². The SMILES string of the molecule is CSC1O[C@H]([C@H](NC(=O)[C@H]2NC[C@@H]3CC(c4ccc(F)cc4)=CCO[C@H]32)[C@H](C)Cl)C(O)C(O)[C@H]1O. The molecular weight excluding hydrogens is 499 g/mol. The first-order valence-corrected chi connectivity index (χ1v) is 13.4. The normalized spacial score (nSPS) is 37.1. The molecule has 3 aliphatic heterocycles. The molecule has 1 amide bonds. The van der Waals surface area contributed by atoms with Gasteiger partial charge in [0.2, 0.25) is 5.91 Å². The maximum Gasteiger partial charge on any atom is 0.240 e. The first-order chi connectivity index (χ1) is 16.7. The summed E-state index contributed by atoms with van der Waals surface area (Å²) in [4.78, 5) is 13.3. The van der Waals surface area contributed by atoms with Crippen molar-refractivity contribution in [2.24, 2.45) is 5.92 Å². The standard InChI is InChI=1S/C24H32ClFN2O6S/c1-11(25)16(22-19(30)18(29)20(31)24(34-22)35-2)28-23(32)17-21-14(10-27-17)9-13(7-8-33-21)12-3-5-15(26)6-4-12/h3-7,11,14,16-22,24,27,29-31H,8-10H2,1-2H3,(H,28,32)/t11-,14-,16+,17-,18?,19?,20+,21+,22+,24?/m0/s1. The molecule has 2 fully saturated rings. The van der Waals surface area contributed by atoms with Crippen LogP contribution in [0, 0.1) is 11.7 Å². The number of fused-ring (bicyclic) bond motifs is 1. The van der Waals surface area contributed by atoms with Gasteiger partial charge in [-0.25, -0.2) is 4.39 Å². The molecule has 4 rings (SSSR count). The molecule has 1 aromatic carbocycles. The van der Waals surface area contributed by atoms with Gasteiger partial charge in [0.05, 0.1) is 24.1 Å². The van der Waals surface area contributed by atoms with Crippen LogP contribution >= 0.6 is 23.4 Å². The Morgan fingerprint density at radius 3 is 2.60 bits per heavy atom. The predicted octanol–water partition coefficient (Wildman–Crippen LogP) is 0.869. The molecule has 5 N–H and O–H groups in total. The average molecular weight is 531 g/mol. The van der Waals surface area contributed by atoms with Crippen LogP contribution in [0.5, 0.6) is 0 Å². The lowest BCUT2D eigenvalue weighted by Crippen LogP contribution is -2.65. The smallest absolute Gasteiger partial charge is 0.240 e. The lowest BCUT2D eigenvalue weighted by atomic mass is 9.90. The number of carbonyl (C=O) groups is 1. The average Bonchev–Trinajstić information content (AvgIpc) is 3.12. The molecule has 8 nitrogen and oxygen atoms in total. The molecule has 1 aromatic rings. The Hall–Kier alpha value is -1.24. The summed E-state index contributed by atoms with van der Waals surface area (Å²) in [6.45, 7) is 2.54. The Balaban J connectivity index is 1.44. The molecule has 3 heterocycles. The molecule has 10 atom stereocenters. The van der Waals surface area contributed by atoms with Crippen LogP contribution < -0.4 is 10.6 Å². The third-order valence-electron chi connectivity index (χ3n) is 6.99. The van der Waals surface area contributed by atoms with Gasteiger partial charge < -0.3 is 35.4 Å². The summed E-state index contributed by atoms with van der Waals surface area (Å²) >= 11 is 7.58. The third-order valence-corrected chi connectivity index (χ3v) is 8.11. The molecule has 0 saturated carbocycles. The molecule has 2 saturated heterocycles. The van der Waals surface area contributed by atoms with Crippen molar-refractivity contribution in [2.75, 3.05) is 19.4 Å². The van der Waals surface area contributed by atoms with E-state index in [-0.39, 0.29) is 23.7 Å². The maximum atomic E-state index is 13.3. The van der Waals surface area contributed by atoms with Crippen molar-refractivity contribution >= 4 is 34.8 Å². The molecule has 3 aliphatic rings. The molecular formula is C24H32ClFN2O6S. The van der Waals surface area contributed by atoms with Gasteiger partial charge in [-0.1, -0.05) is 18.2 Å². The van der Waals surface area contributed by atoms with E-state index in [0.29, 0.717) is 19.6 Å². The monoisotopic (exact) mass is 530 g/mol. The van der Waals surface area contributed by atoms with Crippen molar-refractivity contribution in [1.29, 1.82) is 0 Å². The zero-order valence-corrected chi connectivity index (χ0v) is 21.1. The fourth-order valence-corrected chi connectivity index (χ4v) is 5.93. The summed E-state index contributed by atoms with van der Waals surface area (Å²) in [6.07, 6.45) is -1.18. The van der Waals surface area contributed by atoms with E-state index in [0.717, 1.165) is 11.1 Å². The predicted molar refractivity (Wildman–Crippen MR) is 131 cm³/mol. The van der Waals surface area contributed by atoms with Crippen LogP contribution in [0.3, 0.4) is 0 Å². The summed E-state index contributed by atoms with van der Waals surface area (Å²) in [5.41, 5.74) is 1.19. The molecule has 0 bridgehead atoms. The van der Waals surface area contributed by atoms with Crippen LogP contribution in [0.4, 0.5) is 4.39 Å². The van der Waals surface area contributed by atoms with Gasteiger partial charge in [0.25, 0.3) is 0 Å². The van der Waals surface area contributed by atoms with Gasteiger partial charge in [-0.15, -0.1) is 23.4 Å². The van der Waals surface area contributed by atoms with E-state index in [9.17, 15) is 24.5 Å². The van der Waals surface area contributed by atoms with E-state index in [1.165, 1.54) is 23.9 Å². The first-order valence-electron chi connectivity index (χ1n) is 11.7. The second-order valence-electron chi connectivity index (χ2n) is 9.27. The van der Waals surface area contributed by atoms with E-state index < -0.39 is 47.3 Å². The van der Waals surface area contributed by atoms with E-state index in [2.05, 4.69) is 10.6 Å². The molecule has 194 valence electrons. The van der Waals surface area contributed by atoms with Gasteiger partial charge in [0.15, 0.2) is 0 Å². The number of aliphatic hydroxyl groups excluding tert-OH is 3. The number of rotatable bonds is 6. The largest absolute Gasteiger partial charge is 0.388 e. The van der Waals surface area contributed by atoms with Gasteiger partial charge >= 0.3 is 0 Å². The second kappa shape index (κ2) is 11.4. The number of allylic oxidation sites excluding steroid dienone is 1. The topological polar surface area (TPSA) is 120 Å². The van der Waals surface area contributed by atoms with Crippen molar-refractivity contribution in [2.45, 2.75) is 66.8 Å². The summed E-state index contributed by atoms with van der Waals surface area (Å²) in [5.74, 6) is -0.611. The Bertz CT molecular complexity index is 920. The van der Waals surface area contributed by atoms with Crippen LogP contribution in [-0.4, -0.2) is 94.1 Å². The number of thioether (sulfide) groups is 1. The zero-order valence-electron chi connectivity index (χ0n) is 19.5. The summed E-state index contributed by atoms with van der Waals surface area (Å²) in [5, 5.41) is 36.5. The quantitative estimate of drug-likeness (QED) is 0.344. The third kappa shape index (κ3) is 5.70. The van der Waals surface area contributed by atoms with Gasteiger partial charge in [-0.05, 0) is 42.9 Å². The van der Waals surface area contributed by atoms with Crippen molar-refractivity contribution in [3.05, 3.63) is 41.7 Å². The van der Waals surface area contributed by atoms with E-state index >= 15 is 0 Å². The number of amides is 1. The Morgan fingerprint density at radius 2 is 1.94 bits per heavy atom. The van der Waals surface area contributed by atoms with Crippen molar-refractivity contribution in [3.8, 4) is 0 Å². The first kappa shape index (κ1) is 26.8. The highest BCUT2D eigenvalue weighted by molar-refractivity contribution is 7.99. The fourth-order valence-electron chi connectivity index (χ4n) is 5.05. The molecule has 0 aliphatic carbocycles. The van der Waals surface area contributed by atoms with Gasteiger partial charge in [0.1, 0.15) is 41.7 Å². The summed E-state index contributed by atoms with van der Waals surface area (Å²) in [7, 11) is 0. The van der Waals surface area contributed by atoms with Gasteiger partial charge in [-0.3, -0.25) is 4.79 Å². The van der Waals surface area contributed by atoms with Crippen molar-refractivity contribution in [3.63, 3.8) is 0 Å². The number of hydrogen-bond donors (Lipinski definition) is 5. The molecule has 3 unspecified atom stereocenters. The number of benzene rings is 1.